The maximum absolute atomic E-state index is 4.35. The molecule has 0 aliphatic rings. The summed E-state index contributed by atoms with van der Waals surface area (Å²) in [5.41, 5.74) is 1.97. The second-order valence-corrected chi connectivity index (χ2v) is 3.36. The molecule has 0 radical (unpaired) electrons. The fourth-order valence-corrected chi connectivity index (χ4v) is 1.38. The molecular formula is C8H8BrN3. The fourth-order valence-electron chi connectivity index (χ4n) is 1.08. The minimum Gasteiger partial charge on any atom is -0.232 e. The minimum atomic E-state index is 0.829. The molecule has 0 N–H and O–H groups in total. The van der Waals surface area contributed by atoms with Crippen LogP contribution in [0.1, 0.15) is 12.6 Å². The van der Waals surface area contributed by atoms with Gasteiger partial charge >= 0.3 is 0 Å². The van der Waals surface area contributed by atoms with E-state index in [1.807, 2.05) is 18.3 Å². The van der Waals surface area contributed by atoms with Crippen LogP contribution in [0.4, 0.5) is 0 Å². The van der Waals surface area contributed by atoms with E-state index in [1.165, 1.54) is 0 Å². The summed E-state index contributed by atoms with van der Waals surface area (Å²) in [6.07, 6.45) is 2.89. The molecule has 0 bridgehead atoms. The predicted octanol–water partition coefficient (Wildman–Crippen LogP) is 2.05. The topological polar surface area (TPSA) is 30.2 Å². The fraction of sp³-hybridized carbons (Fsp3) is 0.250. The molecule has 2 aromatic rings. The number of imidazole rings is 1. The summed E-state index contributed by atoms with van der Waals surface area (Å²) in [4.78, 5) is 4.35. The standard InChI is InChI=1S/C8H8BrN3/c1-2-6-5-12-8(10-6)4-3-7(9)11-12/h3-5H,2H2,1H3. The van der Waals surface area contributed by atoms with Crippen molar-refractivity contribution in [2.24, 2.45) is 0 Å². The normalized spacial score (nSPS) is 10.8. The maximum Gasteiger partial charge on any atom is 0.153 e. The second kappa shape index (κ2) is 2.86. The number of halogens is 1. The van der Waals surface area contributed by atoms with Gasteiger partial charge in [0.25, 0.3) is 0 Å². The van der Waals surface area contributed by atoms with Crippen molar-refractivity contribution < 1.29 is 0 Å². The number of nitrogens with zero attached hydrogens (tertiary/aromatic N) is 3. The Morgan fingerprint density at radius 2 is 2.33 bits per heavy atom. The molecule has 2 heterocycles. The molecule has 0 spiro atoms. The highest BCUT2D eigenvalue weighted by Crippen LogP contribution is 2.08. The van der Waals surface area contributed by atoms with Gasteiger partial charge in [-0.15, -0.1) is 0 Å². The van der Waals surface area contributed by atoms with Crippen molar-refractivity contribution in [2.75, 3.05) is 0 Å². The van der Waals surface area contributed by atoms with Gasteiger partial charge in [-0.3, -0.25) is 0 Å². The van der Waals surface area contributed by atoms with Crippen LogP contribution in [0.15, 0.2) is 22.9 Å². The van der Waals surface area contributed by atoms with Gasteiger partial charge in [0.1, 0.15) is 4.60 Å². The Morgan fingerprint density at radius 1 is 1.50 bits per heavy atom. The van der Waals surface area contributed by atoms with Gasteiger partial charge in [-0.1, -0.05) is 6.92 Å². The zero-order valence-electron chi connectivity index (χ0n) is 6.66. The molecule has 0 saturated heterocycles. The predicted molar refractivity (Wildman–Crippen MR) is 50.1 cm³/mol. The monoisotopic (exact) mass is 225 g/mol. The lowest BCUT2D eigenvalue weighted by molar-refractivity contribution is 0.912. The summed E-state index contributed by atoms with van der Waals surface area (Å²) >= 11 is 3.30. The molecule has 62 valence electrons. The van der Waals surface area contributed by atoms with E-state index < -0.39 is 0 Å². The highest BCUT2D eigenvalue weighted by atomic mass is 79.9. The van der Waals surface area contributed by atoms with Gasteiger partial charge in [0.2, 0.25) is 0 Å². The summed E-state index contributed by atoms with van der Waals surface area (Å²) in [6, 6.07) is 3.83. The SMILES string of the molecule is CCc1cn2nc(Br)ccc2n1. The summed E-state index contributed by atoms with van der Waals surface area (Å²) in [7, 11) is 0. The van der Waals surface area contributed by atoms with Crippen LogP contribution in [0.2, 0.25) is 0 Å². The molecule has 12 heavy (non-hydrogen) atoms. The molecule has 0 aromatic carbocycles. The molecule has 0 aliphatic carbocycles. The van der Waals surface area contributed by atoms with Gasteiger partial charge in [-0.2, -0.15) is 5.10 Å². The van der Waals surface area contributed by atoms with E-state index in [4.69, 9.17) is 0 Å². The smallest absolute Gasteiger partial charge is 0.153 e. The third-order valence-corrected chi connectivity index (χ3v) is 2.12. The maximum atomic E-state index is 4.35. The van der Waals surface area contributed by atoms with Crippen LogP contribution in [0.25, 0.3) is 5.65 Å². The molecule has 2 aromatic heterocycles. The third kappa shape index (κ3) is 1.22. The first-order chi connectivity index (χ1) is 5.79. The second-order valence-electron chi connectivity index (χ2n) is 2.54. The van der Waals surface area contributed by atoms with E-state index in [0.29, 0.717) is 0 Å². The average Bonchev–Trinajstić information content (AvgIpc) is 2.46. The first kappa shape index (κ1) is 7.73. The molecule has 0 saturated carbocycles. The molecule has 3 nitrogen and oxygen atoms in total. The largest absolute Gasteiger partial charge is 0.232 e. The number of hydrogen-bond donors (Lipinski definition) is 0. The van der Waals surface area contributed by atoms with Crippen LogP contribution in [0, 0.1) is 0 Å². The lowest BCUT2D eigenvalue weighted by atomic mass is 10.4. The Balaban J connectivity index is 2.67. The van der Waals surface area contributed by atoms with Gasteiger partial charge in [-0.05, 0) is 34.5 Å². The molecule has 2 rings (SSSR count). The van der Waals surface area contributed by atoms with Crippen LogP contribution in [0.3, 0.4) is 0 Å². The van der Waals surface area contributed by atoms with Gasteiger partial charge in [0, 0.05) is 0 Å². The first-order valence-corrected chi connectivity index (χ1v) is 4.59. The Hall–Kier alpha value is -0.900. The van der Waals surface area contributed by atoms with E-state index in [1.54, 1.807) is 4.52 Å². The summed E-state index contributed by atoms with van der Waals surface area (Å²) in [5, 5.41) is 4.22. The van der Waals surface area contributed by atoms with Crippen LogP contribution in [0.5, 0.6) is 0 Å². The quantitative estimate of drug-likeness (QED) is 0.744. The van der Waals surface area contributed by atoms with Crippen LogP contribution in [-0.2, 0) is 6.42 Å². The van der Waals surface area contributed by atoms with Crippen molar-refractivity contribution in [2.45, 2.75) is 13.3 Å². The van der Waals surface area contributed by atoms with Crippen LogP contribution < -0.4 is 0 Å². The average molecular weight is 226 g/mol. The van der Waals surface area contributed by atoms with E-state index in [0.717, 1.165) is 22.4 Å². The minimum absolute atomic E-state index is 0.829. The molecule has 0 aliphatic heterocycles. The van der Waals surface area contributed by atoms with Crippen LogP contribution in [-0.4, -0.2) is 14.6 Å². The third-order valence-electron chi connectivity index (χ3n) is 1.70. The molecule has 0 fully saturated rings. The Labute approximate surface area is 78.6 Å². The lowest BCUT2D eigenvalue weighted by Gasteiger charge is -1.90. The molecule has 0 atom stereocenters. The van der Waals surface area contributed by atoms with E-state index in [2.05, 4.69) is 32.9 Å². The van der Waals surface area contributed by atoms with Crippen LogP contribution >= 0.6 is 15.9 Å². The van der Waals surface area contributed by atoms with Crippen molar-refractivity contribution in [1.29, 1.82) is 0 Å². The number of rotatable bonds is 1. The van der Waals surface area contributed by atoms with Crippen molar-refractivity contribution in [3.05, 3.63) is 28.6 Å². The number of aryl methyl sites for hydroxylation is 1. The Kier molecular flexibility index (Phi) is 1.84. The number of fused-ring (bicyclic) bond motifs is 1. The van der Waals surface area contributed by atoms with Crippen molar-refractivity contribution in [3.63, 3.8) is 0 Å². The van der Waals surface area contributed by atoms with E-state index >= 15 is 0 Å². The van der Waals surface area contributed by atoms with E-state index in [9.17, 15) is 0 Å². The van der Waals surface area contributed by atoms with E-state index in [-0.39, 0.29) is 0 Å². The van der Waals surface area contributed by atoms with Gasteiger partial charge in [0.15, 0.2) is 5.65 Å². The Bertz CT molecular complexity index is 408. The summed E-state index contributed by atoms with van der Waals surface area (Å²) < 4.78 is 2.61. The Morgan fingerprint density at radius 3 is 3.08 bits per heavy atom. The summed E-state index contributed by atoms with van der Waals surface area (Å²) in [5.74, 6) is 0. The van der Waals surface area contributed by atoms with Gasteiger partial charge < -0.3 is 0 Å². The van der Waals surface area contributed by atoms with Crippen molar-refractivity contribution in [1.82, 2.24) is 14.6 Å². The summed E-state index contributed by atoms with van der Waals surface area (Å²) in [6.45, 7) is 2.08. The molecular weight excluding hydrogens is 218 g/mol. The molecule has 0 amide bonds. The van der Waals surface area contributed by atoms with Gasteiger partial charge in [0.05, 0.1) is 11.9 Å². The lowest BCUT2D eigenvalue weighted by Crippen LogP contribution is -1.88. The highest BCUT2D eigenvalue weighted by molar-refractivity contribution is 9.10. The van der Waals surface area contributed by atoms with Crippen molar-refractivity contribution in [3.8, 4) is 0 Å². The first-order valence-electron chi connectivity index (χ1n) is 3.80. The van der Waals surface area contributed by atoms with Gasteiger partial charge in [-0.25, -0.2) is 9.50 Å². The number of hydrogen-bond acceptors (Lipinski definition) is 2. The molecule has 4 heteroatoms. The zero-order valence-corrected chi connectivity index (χ0v) is 8.24. The van der Waals surface area contributed by atoms with Crippen molar-refractivity contribution >= 4 is 21.6 Å². The zero-order chi connectivity index (χ0) is 8.55. The number of aromatic nitrogens is 3. The highest BCUT2D eigenvalue weighted by Gasteiger charge is 1.99. The molecule has 0 unspecified atom stereocenters.